The molecule has 0 bridgehead atoms. The lowest BCUT2D eigenvalue weighted by molar-refractivity contribution is 0.293. The zero-order chi connectivity index (χ0) is 11.6. The quantitative estimate of drug-likeness (QED) is 0.342. The maximum absolute atomic E-state index is 5.68. The molecule has 0 saturated carbocycles. The van der Waals surface area contributed by atoms with Gasteiger partial charge in [0.25, 0.3) is 0 Å². The van der Waals surface area contributed by atoms with Crippen molar-refractivity contribution in [2.24, 2.45) is 10.7 Å². The van der Waals surface area contributed by atoms with Crippen LogP contribution >= 0.6 is 24.0 Å². The lowest BCUT2D eigenvalue weighted by Crippen LogP contribution is -2.33. The van der Waals surface area contributed by atoms with E-state index in [1.54, 1.807) is 6.08 Å². The van der Waals surface area contributed by atoms with Gasteiger partial charge in [0.2, 0.25) is 0 Å². The third-order valence-electron chi connectivity index (χ3n) is 2.82. The minimum atomic E-state index is 0. The number of hydrogen-bond donors (Lipinski definition) is 2. The van der Waals surface area contributed by atoms with Crippen LogP contribution in [0.15, 0.2) is 17.6 Å². The van der Waals surface area contributed by atoms with Crippen LogP contribution in [0.3, 0.4) is 0 Å². The fourth-order valence-corrected chi connectivity index (χ4v) is 1.90. The van der Waals surface area contributed by atoms with Crippen LogP contribution in [0.2, 0.25) is 0 Å². The van der Waals surface area contributed by atoms with Gasteiger partial charge in [-0.25, -0.2) is 0 Å². The second kappa shape index (κ2) is 10.8. The van der Waals surface area contributed by atoms with Gasteiger partial charge in [0, 0.05) is 13.1 Å². The Hall–Kier alpha value is -0.300. The molecule has 0 aromatic heterocycles. The van der Waals surface area contributed by atoms with Gasteiger partial charge in [-0.05, 0) is 25.9 Å². The fraction of sp³-hybridized carbons (Fsp3) is 0.750. The summed E-state index contributed by atoms with van der Waals surface area (Å²) in [5, 5.41) is 2.97. The van der Waals surface area contributed by atoms with Crippen molar-refractivity contribution < 1.29 is 0 Å². The fourth-order valence-electron chi connectivity index (χ4n) is 1.90. The molecule has 0 atom stereocenters. The Morgan fingerprint density at radius 1 is 1.29 bits per heavy atom. The second-order valence-corrected chi connectivity index (χ2v) is 4.19. The number of aliphatic imine (C=N–C) groups is 1. The summed E-state index contributed by atoms with van der Waals surface area (Å²) in [4.78, 5) is 6.76. The van der Waals surface area contributed by atoms with Crippen LogP contribution in [0.4, 0.5) is 0 Å². The van der Waals surface area contributed by atoms with Gasteiger partial charge < -0.3 is 16.0 Å². The zero-order valence-corrected chi connectivity index (χ0v) is 12.9. The number of nitrogens with two attached hydrogens (primary N) is 1. The van der Waals surface area contributed by atoms with E-state index >= 15 is 0 Å². The summed E-state index contributed by atoms with van der Waals surface area (Å²) in [6, 6.07) is 0. The summed E-state index contributed by atoms with van der Waals surface area (Å²) in [7, 11) is 0. The molecule has 0 unspecified atom stereocenters. The van der Waals surface area contributed by atoms with Gasteiger partial charge >= 0.3 is 0 Å². The van der Waals surface area contributed by atoms with E-state index in [-0.39, 0.29) is 24.0 Å². The molecule has 0 aromatic carbocycles. The van der Waals surface area contributed by atoms with Gasteiger partial charge in [-0.2, -0.15) is 0 Å². The summed E-state index contributed by atoms with van der Waals surface area (Å²) in [6.45, 7) is 8.54. The third kappa shape index (κ3) is 8.43. The lowest BCUT2D eigenvalue weighted by Gasteiger charge is -2.18. The average molecular weight is 352 g/mol. The molecule has 1 heterocycles. The Bertz CT molecular complexity index is 223. The van der Waals surface area contributed by atoms with Crippen molar-refractivity contribution in [2.45, 2.75) is 25.7 Å². The normalized spacial score (nSPS) is 18.0. The molecule has 0 spiro atoms. The molecule has 1 aliphatic heterocycles. The number of hydrogen-bond acceptors (Lipinski definition) is 2. The monoisotopic (exact) mass is 352 g/mol. The minimum Gasteiger partial charge on any atom is -0.370 e. The number of nitrogens with one attached hydrogen (secondary N) is 1. The van der Waals surface area contributed by atoms with E-state index in [2.05, 4.69) is 21.8 Å². The molecule has 0 amide bonds. The van der Waals surface area contributed by atoms with Crippen molar-refractivity contribution >= 4 is 29.9 Å². The number of rotatable bonds is 5. The van der Waals surface area contributed by atoms with Crippen molar-refractivity contribution in [3.63, 3.8) is 0 Å². The molecule has 1 aliphatic rings. The first-order chi connectivity index (χ1) is 7.83. The average Bonchev–Trinajstić information content (AvgIpc) is 2.55. The largest absolute Gasteiger partial charge is 0.370 e. The van der Waals surface area contributed by atoms with Gasteiger partial charge in [0.15, 0.2) is 5.96 Å². The minimum absolute atomic E-state index is 0. The van der Waals surface area contributed by atoms with Crippen LogP contribution in [0, 0.1) is 0 Å². The van der Waals surface area contributed by atoms with E-state index in [9.17, 15) is 0 Å². The van der Waals surface area contributed by atoms with Gasteiger partial charge in [-0.15, -0.1) is 30.6 Å². The zero-order valence-electron chi connectivity index (χ0n) is 10.5. The SMILES string of the molecule is C=CCNC(N)=NCCN1CCCCCC1.I. The third-order valence-corrected chi connectivity index (χ3v) is 2.82. The highest BCUT2D eigenvalue weighted by molar-refractivity contribution is 14.0. The van der Waals surface area contributed by atoms with Crippen molar-refractivity contribution in [1.29, 1.82) is 0 Å². The molecular weight excluding hydrogens is 327 g/mol. The van der Waals surface area contributed by atoms with Crippen LogP contribution in [0.1, 0.15) is 25.7 Å². The van der Waals surface area contributed by atoms with E-state index in [0.717, 1.165) is 13.1 Å². The molecule has 100 valence electrons. The van der Waals surface area contributed by atoms with E-state index in [1.165, 1.54) is 38.8 Å². The van der Waals surface area contributed by atoms with Crippen LogP contribution in [0.5, 0.6) is 0 Å². The Morgan fingerprint density at radius 3 is 2.53 bits per heavy atom. The van der Waals surface area contributed by atoms with E-state index in [1.807, 2.05) is 0 Å². The summed E-state index contributed by atoms with van der Waals surface area (Å²) in [5.74, 6) is 0.523. The van der Waals surface area contributed by atoms with Crippen LogP contribution in [0.25, 0.3) is 0 Å². The highest BCUT2D eigenvalue weighted by Crippen LogP contribution is 2.08. The van der Waals surface area contributed by atoms with E-state index in [0.29, 0.717) is 12.5 Å². The van der Waals surface area contributed by atoms with Crippen molar-refractivity contribution in [2.75, 3.05) is 32.7 Å². The summed E-state index contributed by atoms with van der Waals surface area (Å²) < 4.78 is 0. The van der Waals surface area contributed by atoms with Gasteiger partial charge in [0.05, 0.1) is 6.54 Å². The molecule has 17 heavy (non-hydrogen) atoms. The molecular formula is C12H25IN4. The first kappa shape index (κ1) is 16.7. The van der Waals surface area contributed by atoms with Crippen LogP contribution in [-0.2, 0) is 0 Å². The van der Waals surface area contributed by atoms with Crippen LogP contribution < -0.4 is 11.1 Å². The first-order valence-electron chi connectivity index (χ1n) is 6.20. The first-order valence-corrected chi connectivity index (χ1v) is 6.20. The summed E-state index contributed by atoms with van der Waals surface area (Å²) in [6.07, 6.45) is 7.19. The highest BCUT2D eigenvalue weighted by atomic mass is 127. The molecule has 1 rings (SSSR count). The standard InChI is InChI=1S/C12H24N4.HI/c1-2-7-14-12(13)15-8-11-16-9-5-3-4-6-10-16;/h2H,1,3-11H2,(H3,13,14,15);1H. The maximum Gasteiger partial charge on any atom is 0.188 e. The molecule has 0 radical (unpaired) electrons. The molecule has 4 nitrogen and oxygen atoms in total. The Morgan fingerprint density at radius 2 is 1.94 bits per heavy atom. The van der Waals surface area contributed by atoms with Crippen molar-refractivity contribution in [3.8, 4) is 0 Å². The molecule has 0 aromatic rings. The Kier molecular flexibility index (Phi) is 10.6. The predicted octanol–water partition coefficient (Wildman–Crippen LogP) is 1.57. The van der Waals surface area contributed by atoms with Gasteiger partial charge in [-0.1, -0.05) is 18.9 Å². The van der Waals surface area contributed by atoms with Gasteiger partial charge in [0.1, 0.15) is 0 Å². The summed E-state index contributed by atoms with van der Waals surface area (Å²) >= 11 is 0. The number of guanidine groups is 1. The van der Waals surface area contributed by atoms with E-state index in [4.69, 9.17) is 5.73 Å². The highest BCUT2D eigenvalue weighted by Gasteiger charge is 2.07. The summed E-state index contributed by atoms with van der Waals surface area (Å²) in [5.41, 5.74) is 5.68. The van der Waals surface area contributed by atoms with Crippen molar-refractivity contribution in [1.82, 2.24) is 10.2 Å². The number of halogens is 1. The van der Waals surface area contributed by atoms with Crippen molar-refractivity contribution in [3.05, 3.63) is 12.7 Å². The molecule has 5 heteroatoms. The number of nitrogens with zero attached hydrogens (tertiary/aromatic N) is 2. The number of likely N-dealkylation sites (tertiary alicyclic amines) is 1. The topological polar surface area (TPSA) is 53.6 Å². The predicted molar refractivity (Wildman–Crippen MR) is 85.0 cm³/mol. The van der Waals surface area contributed by atoms with Crippen LogP contribution in [-0.4, -0.2) is 43.6 Å². The Balaban J connectivity index is 0.00000256. The molecule has 3 N–H and O–H groups in total. The van der Waals surface area contributed by atoms with Gasteiger partial charge in [-0.3, -0.25) is 4.99 Å². The second-order valence-electron chi connectivity index (χ2n) is 4.19. The maximum atomic E-state index is 5.68. The Labute approximate surface area is 122 Å². The lowest BCUT2D eigenvalue weighted by atomic mass is 10.2. The van der Waals surface area contributed by atoms with E-state index < -0.39 is 0 Å². The molecule has 0 aliphatic carbocycles. The molecule has 1 saturated heterocycles. The molecule has 1 fully saturated rings. The smallest absolute Gasteiger partial charge is 0.188 e.